The minimum atomic E-state index is 0.0625. The lowest BCUT2D eigenvalue weighted by atomic mass is 10.2. The molecule has 94 valence electrons. The molecule has 0 aliphatic heterocycles. The van der Waals surface area contributed by atoms with Crippen molar-refractivity contribution >= 4 is 5.84 Å². The molecule has 0 fully saturated rings. The van der Waals surface area contributed by atoms with E-state index in [0.717, 1.165) is 0 Å². The van der Waals surface area contributed by atoms with Crippen LogP contribution in [0, 0.1) is 0 Å². The van der Waals surface area contributed by atoms with Crippen LogP contribution in [0.5, 0.6) is 5.75 Å². The average Bonchev–Trinajstić information content (AvgIpc) is 2.91. The number of hydrogen-bond acceptors (Lipinski definition) is 4. The summed E-state index contributed by atoms with van der Waals surface area (Å²) in [6.45, 7) is 1.17. The first kappa shape index (κ1) is 12.0. The first-order valence-corrected chi connectivity index (χ1v) is 5.48. The number of nitrogens with zero attached hydrogens (tertiary/aromatic N) is 3. The maximum atomic E-state index is 8.59. The average molecular weight is 246 g/mol. The minimum absolute atomic E-state index is 0.0625. The molecule has 0 aliphatic carbocycles. The van der Waals surface area contributed by atoms with Gasteiger partial charge in [0.25, 0.3) is 0 Å². The quantitative estimate of drug-likeness (QED) is 0.357. The van der Waals surface area contributed by atoms with E-state index in [0.29, 0.717) is 24.5 Å². The summed E-state index contributed by atoms with van der Waals surface area (Å²) in [5.74, 6) is 0.735. The Kier molecular flexibility index (Phi) is 3.80. The fourth-order valence-corrected chi connectivity index (χ4v) is 1.49. The Hall–Kier alpha value is -2.50. The molecule has 0 saturated heterocycles. The molecule has 2 aromatic rings. The molecular formula is C12H14N4O2. The summed E-state index contributed by atoms with van der Waals surface area (Å²) in [4.78, 5) is 0. The third-order valence-corrected chi connectivity index (χ3v) is 2.39. The lowest BCUT2D eigenvalue weighted by molar-refractivity contribution is 0.291. The standard InChI is InChI=1S/C12H14N4O2/c13-12(15-17)10-3-1-4-11(9-10)18-8-7-16-6-2-5-14-16/h1-6,9,17H,7-8H2,(H2,13,15). The number of benzene rings is 1. The molecule has 6 nitrogen and oxygen atoms in total. The first-order chi connectivity index (χ1) is 8.79. The summed E-state index contributed by atoms with van der Waals surface area (Å²) in [5.41, 5.74) is 6.12. The molecule has 0 amide bonds. The predicted octanol–water partition coefficient (Wildman–Crippen LogP) is 1.06. The van der Waals surface area contributed by atoms with E-state index >= 15 is 0 Å². The molecule has 0 spiro atoms. The smallest absolute Gasteiger partial charge is 0.170 e. The van der Waals surface area contributed by atoms with Crippen molar-refractivity contribution in [2.45, 2.75) is 6.54 Å². The second-order valence-electron chi connectivity index (χ2n) is 3.63. The molecule has 0 radical (unpaired) electrons. The molecule has 0 bridgehead atoms. The zero-order valence-electron chi connectivity index (χ0n) is 9.73. The van der Waals surface area contributed by atoms with Crippen LogP contribution in [0.3, 0.4) is 0 Å². The van der Waals surface area contributed by atoms with Crippen LogP contribution in [-0.4, -0.2) is 27.4 Å². The molecule has 0 atom stereocenters. The Balaban J connectivity index is 1.93. The molecule has 18 heavy (non-hydrogen) atoms. The van der Waals surface area contributed by atoms with Crippen LogP contribution in [-0.2, 0) is 6.54 Å². The van der Waals surface area contributed by atoms with Crippen molar-refractivity contribution in [1.82, 2.24) is 9.78 Å². The summed E-state index contributed by atoms with van der Waals surface area (Å²) < 4.78 is 7.35. The minimum Gasteiger partial charge on any atom is -0.492 e. The lowest BCUT2D eigenvalue weighted by Gasteiger charge is -2.07. The van der Waals surface area contributed by atoms with Crippen LogP contribution in [0.15, 0.2) is 47.9 Å². The highest BCUT2D eigenvalue weighted by molar-refractivity contribution is 5.97. The number of oxime groups is 1. The van der Waals surface area contributed by atoms with Gasteiger partial charge in [-0.1, -0.05) is 17.3 Å². The van der Waals surface area contributed by atoms with Crippen molar-refractivity contribution < 1.29 is 9.94 Å². The van der Waals surface area contributed by atoms with Crippen molar-refractivity contribution in [3.05, 3.63) is 48.3 Å². The third-order valence-electron chi connectivity index (χ3n) is 2.39. The van der Waals surface area contributed by atoms with Crippen molar-refractivity contribution in [3.63, 3.8) is 0 Å². The molecule has 1 aromatic carbocycles. The van der Waals surface area contributed by atoms with Gasteiger partial charge in [-0.25, -0.2) is 0 Å². The zero-order chi connectivity index (χ0) is 12.8. The Bertz CT molecular complexity index is 523. The van der Waals surface area contributed by atoms with Crippen molar-refractivity contribution in [3.8, 4) is 5.75 Å². The van der Waals surface area contributed by atoms with Gasteiger partial charge in [-0.05, 0) is 18.2 Å². The Morgan fingerprint density at radius 1 is 1.44 bits per heavy atom. The Labute approximate surface area is 104 Å². The molecule has 6 heteroatoms. The second-order valence-corrected chi connectivity index (χ2v) is 3.63. The normalized spacial score (nSPS) is 11.4. The van der Waals surface area contributed by atoms with Crippen LogP contribution in [0.4, 0.5) is 0 Å². The van der Waals surface area contributed by atoms with E-state index in [-0.39, 0.29) is 5.84 Å². The number of ether oxygens (including phenoxy) is 1. The van der Waals surface area contributed by atoms with Crippen LogP contribution >= 0.6 is 0 Å². The van der Waals surface area contributed by atoms with Gasteiger partial charge in [0.15, 0.2) is 5.84 Å². The Morgan fingerprint density at radius 2 is 2.33 bits per heavy atom. The maximum absolute atomic E-state index is 8.59. The molecule has 1 heterocycles. The zero-order valence-corrected chi connectivity index (χ0v) is 9.73. The summed E-state index contributed by atoms with van der Waals surface area (Å²) in [7, 11) is 0. The van der Waals surface area contributed by atoms with Crippen molar-refractivity contribution in [1.29, 1.82) is 0 Å². The van der Waals surface area contributed by atoms with Gasteiger partial charge in [0.1, 0.15) is 12.4 Å². The number of aromatic nitrogens is 2. The van der Waals surface area contributed by atoms with E-state index in [1.54, 1.807) is 29.1 Å². The highest BCUT2D eigenvalue weighted by Gasteiger charge is 2.01. The van der Waals surface area contributed by atoms with E-state index in [4.69, 9.17) is 15.7 Å². The van der Waals surface area contributed by atoms with E-state index in [1.165, 1.54) is 0 Å². The van der Waals surface area contributed by atoms with Crippen molar-refractivity contribution in [2.75, 3.05) is 6.61 Å². The molecule has 1 aromatic heterocycles. The van der Waals surface area contributed by atoms with Gasteiger partial charge in [-0.3, -0.25) is 4.68 Å². The number of amidine groups is 1. The van der Waals surface area contributed by atoms with E-state index in [9.17, 15) is 0 Å². The molecule has 0 saturated carbocycles. The fourth-order valence-electron chi connectivity index (χ4n) is 1.49. The molecule has 0 unspecified atom stereocenters. The fraction of sp³-hybridized carbons (Fsp3) is 0.167. The van der Waals surface area contributed by atoms with Crippen molar-refractivity contribution in [2.24, 2.45) is 10.9 Å². The monoisotopic (exact) mass is 246 g/mol. The SMILES string of the molecule is N/C(=N\O)c1cccc(OCCn2cccn2)c1. The molecule has 2 rings (SSSR count). The van der Waals surface area contributed by atoms with Gasteiger partial charge >= 0.3 is 0 Å². The number of hydrogen-bond donors (Lipinski definition) is 2. The summed E-state index contributed by atoms with van der Waals surface area (Å²) >= 11 is 0. The second kappa shape index (κ2) is 5.72. The van der Waals surface area contributed by atoms with Gasteiger partial charge in [0, 0.05) is 18.0 Å². The topological polar surface area (TPSA) is 85.7 Å². The summed E-state index contributed by atoms with van der Waals surface area (Å²) in [6.07, 6.45) is 3.59. The van der Waals surface area contributed by atoms with Crippen LogP contribution in [0.2, 0.25) is 0 Å². The van der Waals surface area contributed by atoms with Gasteiger partial charge in [0.2, 0.25) is 0 Å². The van der Waals surface area contributed by atoms with Crippen LogP contribution < -0.4 is 10.5 Å². The molecule has 0 aliphatic rings. The first-order valence-electron chi connectivity index (χ1n) is 5.48. The van der Waals surface area contributed by atoms with Gasteiger partial charge in [-0.2, -0.15) is 5.10 Å². The molecule has 3 N–H and O–H groups in total. The highest BCUT2D eigenvalue weighted by Crippen LogP contribution is 2.13. The van der Waals surface area contributed by atoms with Gasteiger partial charge in [-0.15, -0.1) is 0 Å². The van der Waals surface area contributed by atoms with Crippen LogP contribution in [0.1, 0.15) is 5.56 Å². The number of nitrogens with two attached hydrogens (primary N) is 1. The van der Waals surface area contributed by atoms with E-state index < -0.39 is 0 Å². The predicted molar refractivity (Wildman–Crippen MR) is 66.7 cm³/mol. The van der Waals surface area contributed by atoms with E-state index in [2.05, 4.69) is 10.3 Å². The third kappa shape index (κ3) is 3.00. The van der Waals surface area contributed by atoms with E-state index in [1.807, 2.05) is 18.3 Å². The van der Waals surface area contributed by atoms with Gasteiger partial charge in [0.05, 0.1) is 6.54 Å². The maximum Gasteiger partial charge on any atom is 0.170 e. The summed E-state index contributed by atoms with van der Waals surface area (Å²) in [6, 6.07) is 8.93. The number of rotatable bonds is 5. The molecular weight excluding hydrogens is 232 g/mol. The summed E-state index contributed by atoms with van der Waals surface area (Å²) in [5, 5.41) is 15.6. The van der Waals surface area contributed by atoms with Gasteiger partial charge < -0.3 is 15.7 Å². The van der Waals surface area contributed by atoms with Crippen LogP contribution in [0.25, 0.3) is 0 Å². The Morgan fingerprint density at radius 3 is 3.06 bits per heavy atom. The lowest BCUT2D eigenvalue weighted by Crippen LogP contribution is -2.13. The largest absolute Gasteiger partial charge is 0.492 e. The highest BCUT2D eigenvalue weighted by atomic mass is 16.5.